The number of nitrogens with two attached hydrogens (primary N) is 1. The summed E-state index contributed by atoms with van der Waals surface area (Å²) in [5, 5.41) is 3.77. The number of esters is 1. The number of methoxy groups -OCH3 is 1. The van der Waals surface area contributed by atoms with Crippen molar-refractivity contribution >= 4 is 23.3 Å². The summed E-state index contributed by atoms with van der Waals surface area (Å²) in [6, 6.07) is 5.92. The Balaban J connectivity index is 2.12. The lowest BCUT2D eigenvalue weighted by Crippen LogP contribution is -2.20. The van der Waals surface area contributed by atoms with Gasteiger partial charge in [0.05, 0.1) is 17.7 Å². The van der Waals surface area contributed by atoms with Gasteiger partial charge in [-0.3, -0.25) is 0 Å². The van der Waals surface area contributed by atoms with E-state index in [-0.39, 0.29) is 6.04 Å². The van der Waals surface area contributed by atoms with E-state index in [0.717, 1.165) is 24.9 Å². The zero-order chi connectivity index (χ0) is 13.1. The number of hydrogen-bond acceptors (Lipinski definition) is 4. The third-order valence-corrected chi connectivity index (χ3v) is 3.55. The quantitative estimate of drug-likeness (QED) is 0.827. The highest BCUT2D eigenvalue weighted by atomic mass is 35.5. The summed E-state index contributed by atoms with van der Waals surface area (Å²) in [6.45, 7) is 0. The van der Waals surface area contributed by atoms with E-state index in [2.05, 4.69) is 10.1 Å². The maximum absolute atomic E-state index is 11.5. The van der Waals surface area contributed by atoms with Crippen molar-refractivity contribution in [2.45, 2.75) is 31.3 Å². The van der Waals surface area contributed by atoms with E-state index >= 15 is 0 Å². The van der Waals surface area contributed by atoms with E-state index in [4.69, 9.17) is 17.3 Å². The Kier molecular flexibility index (Phi) is 4.09. The van der Waals surface area contributed by atoms with Crippen molar-refractivity contribution in [3.05, 3.63) is 28.8 Å². The van der Waals surface area contributed by atoms with E-state index in [1.807, 2.05) is 6.07 Å². The van der Waals surface area contributed by atoms with E-state index in [1.165, 1.54) is 7.11 Å². The number of halogens is 1. The van der Waals surface area contributed by atoms with Gasteiger partial charge in [0, 0.05) is 17.8 Å². The monoisotopic (exact) mass is 268 g/mol. The summed E-state index contributed by atoms with van der Waals surface area (Å²) >= 11 is 5.96. The van der Waals surface area contributed by atoms with Crippen LogP contribution in [0.5, 0.6) is 0 Å². The first-order valence-corrected chi connectivity index (χ1v) is 6.38. The first-order valence-electron chi connectivity index (χ1n) is 6.00. The summed E-state index contributed by atoms with van der Waals surface area (Å²) in [5.74, 6) is -0.424. The van der Waals surface area contributed by atoms with Gasteiger partial charge in [-0.15, -0.1) is 0 Å². The Morgan fingerprint density at radius 3 is 2.89 bits per heavy atom. The highest BCUT2D eigenvalue weighted by Gasteiger charge is 2.22. The van der Waals surface area contributed by atoms with Crippen LogP contribution in [0.4, 0.5) is 5.69 Å². The van der Waals surface area contributed by atoms with Crippen molar-refractivity contribution in [2.24, 2.45) is 5.73 Å². The van der Waals surface area contributed by atoms with Gasteiger partial charge in [-0.1, -0.05) is 11.6 Å². The molecule has 1 aliphatic rings. The first-order chi connectivity index (χ1) is 8.60. The second-order valence-corrected chi connectivity index (χ2v) is 5.01. The number of benzene rings is 1. The smallest absolute Gasteiger partial charge is 0.339 e. The number of hydrogen-bond donors (Lipinski definition) is 2. The van der Waals surface area contributed by atoms with E-state index < -0.39 is 5.97 Å². The molecule has 1 saturated carbocycles. The van der Waals surface area contributed by atoms with Crippen molar-refractivity contribution in [1.82, 2.24) is 0 Å². The Bertz CT molecular complexity index is 451. The van der Waals surface area contributed by atoms with Crippen LogP contribution in [-0.2, 0) is 4.74 Å². The van der Waals surface area contributed by atoms with Crippen molar-refractivity contribution in [3.63, 3.8) is 0 Å². The summed E-state index contributed by atoms with van der Waals surface area (Å²) in [7, 11) is 1.34. The Hall–Kier alpha value is -1.26. The number of ether oxygens (including phenoxy) is 1. The molecule has 0 heterocycles. The zero-order valence-corrected chi connectivity index (χ0v) is 11.0. The average molecular weight is 269 g/mol. The molecule has 0 bridgehead atoms. The van der Waals surface area contributed by atoms with Gasteiger partial charge in [0.15, 0.2) is 0 Å². The lowest BCUT2D eigenvalue weighted by atomic mass is 10.1. The lowest BCUT2D eigenvalue weighted by molar-refractivity contribution is 0.0601. The van der Waals surface area contributed by atoms with Gasteiger partial charge in [-0.25, -0.2) is 4.79 Å². The Labute approximate surface area is 111 Å². The molecule has 1 aromatic rings. The van der Waals surface area contributed by atoms with E-state index in [9.17, 15) is 4.79 Å². The molecule has 0 saturated heterocycles. The highest BCUT2D eigenvalue weighted by molar-refractivity contribution is 6.33. The van der Waals surface area contributed by atoms with Crippen molar-refractivity contribution in [3.8, 4) is 0 Å². The van der Waals surface area contributed by atoms with Crippen LogP contribution >= 0.6 is 11.6 Å². The molecular weight excluding hydrogens is 252 g/mol. The standard InChI is InChI=1S/C13H17ClN2O2/c1-18-13(17)11-7-10(4-5-12(11)14)16-9-3-2-8(15)6-9/h4-5,7-9,16H,2-3,6,15H2,1H3. The maximum Gasteiger partial charge on any atom is 0.339 e. The minimum absolute atomic E-state index is 0.273. The molecule has 1 aliphatic carbocycles. The normalized spacial score (nSPS) is 22.8. The molecule has 0 aliphatic heterocycles. The van der Waals surface area contributed by atoms with Crippen LogP contribution < -0.4 is 11.1 Å². The number of carbonyl (C=O) groups excluding carboxylic acids is 1. The molecule has 0 radical (unpaired) electrons. The van der Waals surface area contributed by atoms with Gasteiger partial charge in [-0.05, 0) is 37.5 Å². The van der Waals surface area contributed by atoms with Crippen LogP contribution in [0.25, 0.3) is 0 Å². The molecule has 98 valence electrons. The molecule has 2 rings (SSSR count). The largest absolute Gasteiger partial charge is 0.465 e. The second kappa shape index (κ2) is 5.59. The van der Waals surface area contributed by atoms with Crippen LogP contribution in [0.1, 0.15) is 29.6 Å². The fraction of sp³-hybridized carbons (Fsp3) is 0.462. The Morgan fingerprint density at radius 1 is 1.50 bits per heavy atom. The van der Waals surface area contributed by atoms with E-state index in [1.54, 1.807) is 12.1 Å². The number of anilines is 1. The molecular formula is C13H17ClN2O2. The van der Waals surface area contributed by atoms with Gasteiger partial charge in [0.1, 0.15) is 0 Å². The maximum atomic E-state index is 11.5. The average Bonchev–Trinajstić information content (AvgIpc) is 2.76. The topological polar surface area (TPSA) is 64.3 Å². The molecule has 2 unspecified atom stereocenters. The summed E-state index contributed by atoms with van der Waals surface area (Å²) in [6.07, 6.45) is 3.04. The predicted molar refractivity (Wildman–Crippen MR) is 72.0 cm³/mol. The van der Waals surface area contributed by atoms with Crippen LogP contribution in [0.15, 0.2) is 18.2 Å². The predicted octanol–water partition coefficient (Wildman–Crippen LogP) is 2.42. The third-order valence-electron chi connectivity index (χ3n) is 3.22. The lowest BCUT2D eigenvalue weighted by Gasteiger charge is -2.15. The third kappa shape index (κ3) is 2.94. The molecule has 0 amide bonds. The van der Waals surface area contributed by atoms with Gasteiger partial charge < -0.3 is 15.8 Å². The minimum Gasteiger partial charge on any atom is -0.465 e. The van der Waals surface area contributed by atoms with Gasteiger partial charge in [-0.2, -0.15) is 0 Å². The van der Waals surface area contributed by atoms with Crippen molar-refractivity contribution in [1.29, 1.82) is 0 Å². The van der Waals surface area contributed by atoms with Gasteiger partial charge in [0.25, 0.3) is 0 Å². The van der Waals surface area contributed by atoms with E-state index in [0.29, 0.717) is 16.6 Å². The fourth-order valence-electron chi connectivity index (χ4n) is 2.26. The van der Waals surface area contributed by atoms with Gasteiger partial charge >= 0.3 is 5.97 Å². The SMILES string of the molecule is COC(=O)c1cc(NC2CCC(N)C2)ccc1Cl. The summed E-state index contributed by atoms with van der Waals surface area (Å²) < 4.78 is 4.69. The fourth-order valence-corrected chi connectivity index (χ4v) is 2.46. The van der Waals surface area contributed by atoms with Crippen LogP contribution in [0.2, 0.25) is 5.02 Å². The van der Waals surface area contributed by atoms with Crippen LogP contribution in [-0.4, -0.2) is 25.2 Å². The van der Waals surface area contributed by atoms with Crippen molar-refractivity contribution < 1.29 is 9.53 Å². The molecule has 2 atom stereocenters. The molecule has 1 aromatic carbocycles. The van der Waals surface area contributed by atoms with Crippen molar-refractivity contribution in [2.75, 3.05) is 12.4 Å². The highest BCUT2D eigenvalue weighted by Crippen LogP contribution is 2.25. The summed E-state index contributed by atoms with van der Waals surface area (Å²) in [4.78, 5) is 11.5. The molecule has 4 nitrogen and oxygen atoms in total. The minimum atomic E-state index is -0.424. The second-order valence-electron chi connectivity index (χ2n) is 4.60. The molecule has 18 heavy (non-hydrogen) atoms. The number of nitrogens with one attached hydrogen (secondary N) is 1. The molecule has 3 N–H and O–H groups in total. The van der Waals surface area contributed by atoms with Crippen LogP contribution in [0.3, 0.4) is 0 Å². The summed E-state index contributed by atoms with van der Waals surface area (Å²) in [5.41, 5.74) is 7.12. The zero-order valence-electron chi connectivity index (χ0n) is 10.3. The molecule has 0 aromatic heterocycles. The molecule has 1 fully saturated rings. The van der Waals surface area contributed by atoms with Crippen LogP contribution in [0, 0.1) is 0 Å². The molecule has 0 spiro atoms. The number of carbonyl (C=O) groups is 1. The van der Waals surface area contributed by atoms with Gasteiger partial charge in [0.2, 0.25) is 0 Å². The molecule has 5 heteroatoms. The number of rotatable bonds is 3. The Morgan fingerprint density at radius 2 is 2.28 bits per heavy atom. The first kappa shape index (κ1) is 13.2.